The number of aliphatic hydroxyl groups is 1. The molecule has 2 aromatic carbocycles. The van der Waals surface area contributed by atoms with E-state index in [0.717, 1.165) is 0 Å². The summed E-state index contributed by atoms with van der Waals surface area (Å²) in [6, 6.07) is 10.9. The summed E-state index contributed by atoms with van der Waals surface area (Å²) in [5, 5.41) is 18.9. The second kappa shape index (κ2) is 11.4. The highest BCUT2D eigenvalue weighted by molar-refractivity contribution is 5.68. The lowest BCUT2D eigenvalue weighted by Gasteiger charge is -2.15. The lowest BCUT2D eigenvalue weighted by Crippen LogP contribution is -2.10. The molecule has 3 rings (SSSR count). The van der Waals surface area contributed by atoms with Gasteiger partial charge in [-0.05, 0) is 41.8 Å². The highest BCUT2D eigenvalue weighted by Gasteiger charge is 2.18. The maximum absolute atomic E-state index is 14.6. The minimum atomic E-state index is -1.14. The number of methoxy groups -OCH3 is 1. The van der Waals surface area contributed by atoms with Crippen LogP contribution in [0.5, 0.6) is 17.4 Å². The molecule has 180 valence electrons. The van der Waals surface area contributed by atoms with Gasteiger partial charge in [0.05, 0.1) is 32.4 Å². The normalized spacial score (nSPS) is 11.8. The third kappa shape index (κ3) is 6.64. The van der Waals surface area contributed by atoms with Gasteiger partial charge in [0.15, 0.2) is 0 Å². The van der Waals surface area contributed by atoms with Gasteiger partial charge in [-0.2, -0.15) is 0 Å². The summed E-state index contributed by atoms with van der Waals surface area (Å²) in [4.78, 5) is 19.7. The highest BCUT2D eigenvalue weighted by Crippen LogP contribution is 2.32. The molecule has 9 heteroatoms. The molecule has 0 aliphatic carbocycles. The van der Waals surface area contributed by atoms with Crippen molar-refractivity contribution >= 4 is 5.97 Å². The summed E-state index contributed by atoms with van der Waals surface area (Å²) in [6.07, 6.45) is -0.0816. The first-order valence-electron chi connectivity index (χ1n) is 10.7. The Balaban J connectivity index is 1.83. The molecule has 1 aromatic heterocycles. The van der Waals surface area contributed by atoms with Crippen LogP contribution >= 0.6 is 0 Å². The van der Waals surface area contributed by atoms with Crippen LogP contribution in [0.25, 0.3) is 11.3 Å². The molecule has 0 amide bonds. The molecular weight excluding hydrogens is 443 g/mol. The SMILES string of the molecule is COc1ccc(F)c(-c2ncc(COc3cccc([C@H](O)CC(=O)O)c3)nc2OCC(C)C)c1. The van der Waals surface area contributed by atoms with Crippen molar-refractivity contribution in [3.63, 3.8) is 0 Å². The van der Waals surface area contributed by atoms with Gasteiger partial charge in [0, 0.05) is 5.56 Å². The van der Waals surface area contributed by atoms with Crippen molar-refractivity contribution in [3.05, 3.63) is 65.7 Å². The van der Waals surface area contributed by atoms with E-state index in [1.807, 2.05) is 13.8 Å². The summed E-state index contributed by atoms with van der Waals surface area (Å²) in [7, 11) is 1.50. The molecule has 0 fully saturated rings. The average Bonchev–Trinajstić information content (AvgIpc) is 2.81. The van der Waals surface area contributed by atoms with Gasteiger partial charge in [-0.25, -0.2) is 14.4 Å². The number of carboxylic acid groups (broad SMARTS) is 1. The maximum atomic E-state index is 14.6. The molecule has 0 unspecified atom stereocenters. The minimum Gasteiger partial charge on any atom is -0.497 e. The molecular formula is C25H27FN2O6. The predicted octanol–water partition coefficient (Wildman–Crippen LogP) is 4.41. The van der Waals surface area contributed by atoms with Crippen molar-refractivity contribution in [1.82, 2.24) is 9.97 Å². The Morgan fingerprint density at radius 2 is 1.91 bits per heavy atom. The number of rotatable bonds is 11. The Labute approximate surface area is 197 Å². The van der Waals surface area contributed by atoms with E-state index in [0.29, 0.717) is 29.4 Å². The van der Waals surface area contributed by atoms with Gasteiger partial charge in [0.25, 0.3) is 0 Å². The van der Waals surface area contributed by atoms with Crippen molar-refractivity contribution in [1.29, 1.82) is 0 Å². The van der Waals surface area contributed by atoms with Crippen LogP contribution < -0.4 is 14.2 Å². The van der Waals surface area contributed by atoms with Crippen molar-refractivity contribution in [2.24, 2.45) is 5.92 Å². The molecule has 0 saturated heterocycles. The van der Waals surface area contributed by atoms with E-state index in [9.17, 15) is 14.3 Å². The molecule has 3 aromatic rings. The second-order valence-electron chi connectivity index (χ2n) is 8.04. The number of hydrogen-bond acceptors (Lipinski definition) is 7. The van der Waals surface area contributed by atoms with Crippen LogP contribution in [0.2, 0.25) is 0 Å². The number of carbonyl (C=O) groups is 1. The monoisotopic (exact) mass is 470 g/mol. The molecule has 0 bridgehead atoms. The molecule has 1 atom stereocenters. The summed E-state index contributed by atoms with van der Waals surface area (Å²) in [6.45, 7) is 4.36. The number of nitrogens with zero attached hydrogens (tertiary/aromatic N) is 2. The van der Waals surface area contributed by atoms with E-state index < -0.39 is 24.3 Å². The fourth-order valence-electron chi connectivity index (χ4n) is 3.07. The van der Waals surface area contributed by atoms with Crippen molar-refractivity contribution in [3.8, 4) is 28.6 Å². The van der Waals surface area contributed by atoms with Gasteiger partial charge in [-0.15, -0.1) is 0 Å². The quantitative estimate of drug-likeness (QED) is 0.424. The van der Waals surface area contributed by atoms with E-state index in [4.69, 9.17) is 19.3 Å². The summed E-state index contributed by atoms with van der Waals surface area (Å²) in [5.41, 5.74) is 1.33. The van der Waals surface area contributed by atoms with Gasteiger partial charge >= 0.3 is 5.97 Å². The van der Waals surface area contributed by atoms with Crippen LogP contribution in [-0.2, 0) is 11.4 Å². The minimum absolute atomic E-state index is 0.0321. The fourth-order valence-corrected chi connectivity index (χ4v) is 3.07. The van der Waals surface area contributed by atoms with Gasteiger partial charge in [-0.3, -0.25) is 4.79 Å². The molecule has 34 heavy (non-hydrogen) atoms. The molecule has 1 heterocycles. The molecule has 0 spiro atoms. The zero-order valence-electron chi connectivity index (χ0n) is 19.2. The molecule has 0 aliphatic heterocycles. The third-order valence-corrected chi connectivity index (χ3v) is 4.77. The first-order chi connectivity index (χ1) is 16.3. The zero-order valence-corrected chi connectivity index (χ0v) is 19.2. The van der Waals surface area contributed by atoms with E-state index >= 15 is 0 Å². The smallest absolute Gasteiger partial charge is 0.306 e. The largest absolute Gasteiger partial charge is 0.497 e. The van der Waals surface area contributed by atoms with Gasteiger partial charge in [-0.1, -0.05) is 26.0 Å². The van der Waals surface area contributed by atoms with Gasteiger partial charge < -0.3 is 24.4 Å². The van der Waals surface area contributed by atoms with E-state index in [1.54, 1.807) is 24.3 Å². The zero-order chi connectivity index (χ0) is 24.7. The highest BCUT2D eigenvalue weighted by atomic mass is 19.1. The van der Waals surface area contributed by atoms with Crippen LogP contribution in [0.3, 0.4) is 0 Å². The molecule has 0 radical (unpaired) electrons. The average molecular weight is 470 g/mol. The predicted molar refractivity (Wildman–Crippen MR) is 122 cm³/mol. The maximum Gasteiger partial charge on any atom is 0.306 e. The van der Waals surface area contributed by atoms with Crippen LogP contribution in [0.1, 0.15) is 37.6 Å². The standard InChI is InChI=1S/C25H27FN2O6/c1-15(2)13-34-25-24(20-10-18(32-3)7-8-21(20)26)27-12-17(28-25)14-33-19-6-4-5-16(9-19)22(29)11-23(30)31/h4-10,12,15,22,29H,11,13-14H2,1-3H3,(H,30,31)/t22-/m1/s1. The van der Waals surface area contributed by atoms with Crippen LogP contribution in [0.4, 0.5) is 4.39 Å². The van der Waals surface area contributed by atoms with Crippen molar-refractivity contribution < 1.29 is 33.6 Å². The molecule has 0 aliphatic rings. The van der Waals surface area contributed by atoms with Gasteiger partial charge in [0.2, 0.25) is 5.88 Å². The number of carboxylic acids is 1. The van der Waals surface area contributed by atoms with Crippen LogP contribution in [-0.4, -0.2) is 39.9 Å². The first-order valence-corrected chi connectivity index (χ1v) is 10.7. The number of hydrogen-bond donors (Lipinski definition) is 2. The van der Waals surface area contributed by atoms with Gasteiger partial charge in [0.1, 0.15) is 35.3 Å². The Bertz CT molecular complexity index is 1140. The second-order valence-corrected chi connectivity index (χ2v) is 8.04. The number of benzene rings is 2. The lowest BCUT2D eigenvalue weighted by molar-refractivity contribution is -0.139. The first kappa shape index (κ1) is 24.9. The summed E-state index contributed by atoms with van der Waals surface area (Å²) < 4.78 is 31.4. The molecule has 0 saturated carbocycles. The summed E-state index contributed by atoms with van der Waals surface area (Å²) in [5.74, 6) is -0.292. The molecule has 2 N–H and O–H groups in total. The van der Waals surface area contributed by atoms with E-state index in [1.165, 1.54) is 31.5 Å². The van der Waals surface area contributed by atoms with Crippen molar-refractivity contribution in [2.75, 3.05) is 13.7 Å². The van der Waals surface area contributed by atoms with Crippen LogP contribution in [0.15, 0.2) is 48.7 Å². The Morgan fingerprint density at radius 1 is 1.12 bits per heavy atom. The topological polar surface area (TPSA) is 111 Å². The van der Waals surface area contributed by atoms with E-state index in [2.05, 4.69) is 9.97 Å². The Kier molecular flexibility index (Phi) is 8.37. The summed E-state index contributed by atoms with van der Waals surface area (Å²) >= 11 is 0. The number of aliphatic carboxylic acids is 1. The fraction of sp³-hybridized carbons (Fsp3) is 0.320. The number of halogens is 1. The molecule has 8 nitrogen and oxygen atoms in total. The number of aliphatic hydroxyl groups excluding tert-OH is 1. The lowest BCUT2D eigenvalue weighted by atomic mass is 10.1. The van der Waals surface area contributed by atoms with Crippen LogP contribution in [0, 0.1) is 11.7 Å². The van der Waals surface area contributed by atoms with E-state index in [-0.39, 0.29) is 29.7 Å². The Morgan fingerprint density at radius 3 is 2.62 bits per heavy atom. The van der Waals surface area contributed by atoms with Crippen molar-refractivity contribution in [2.45, 2.75) is 33.0 Å². The Hall–Kier alpha value is -3.72. The third-order valence-electron chi connectivity index (χ3n) is 4.77. The number of ether oxygens (including phenoxy) is 3. The number of aromatic nitrogens is 2.